The van der Waals surface area contributed by atoms with Gasteiger partial charge in [-0.3, -0.25) is 15.0 Å². The minimum absolute atomic E-state index is 0.0906. The molecule has 1 fully saturated rings. The van der Waals surface area contributed by atoms with Crippen LogP contribution in [0.5, 0.6) is 5.75 Å². The quantitative estimate of drug-likeness (QED) is 0.0899. The predicted octanol–water partition coefficient (Wildman–Crippen LogP) is 6.85. The van der Waals surface area contributed by atoms with Gasteiger partial charge in [-0.2, -0.15) is 0 Å². The zero-order valence-corrected chi connectivity index (χ0v) is 32.6. The lowest BCUT2D eigenvalue weighted by atomic mass is 10.0. The number of fused-ring (bicyclic) bond motifs is 1. The van der Waals surface area contributed by atoms with Crippen molar-refractivity contribution in [3.05, 3.63) is 118 Å². The van der Waals surface area contributed by atoms with Gasteiger partial charge in [-0.25, -0.2) is 25.0 Å². The number of hydrogen-bond donors (Lipinski definition) is 3. The summed E-state index contributed by atoms with van der Waals surface area (Å²) in [5.41, 5.74) is 14.0. The number of benzene rings is 3. The number of likely N-dealkylation sites (tertiary alicyclic amines) is 1. The van der Waals surface area contributed by atoms with Gasteiger partial charge in [0.15, 0.2) is 0 Å². The van der Waals surface area contributed by atoms with Crippen LogP contribution in [0.2, 0.25) is 5.02 Å². The molecule has 3 heterocycles. The van der Waals surface area contributed by atoms with Crippen LogP contribution in [0, 0.1) is 11.8 Å². The molecule has 1 aliphatic heterocycles. The summed E-state index contributed by atoms with van der Waals surface area (Å²) in [5.74, 6) is 5.74. The Bertz CT molecular complexity index is 2380. The molecule has 1 saturated heterocycles. The van der Waals surface area contributed by atoms with Gasteiger partial charge in [-0.05, 0) is 94.1 Å². The van der Waals surface area contributed by atoms with E-state index >= 15 is 0 Å². The molecule has 3 aromatic carbocycles. The molecule has 57 heavy (non-hydrogen) atoms. The summed E-state index contributed by atoms with van der Waals surface area (Å²) in [4.78, 5) is 62.5. The normalized spacial score (nSPS) is 13.8. The highest BCUT2D eigenvalue weighted by molar-refractivity contribution is 6.32. The van der Waals surface area contributed by atoms with E-state index in [9.17, 15) is 19.2 Å². The molecule has 6 rings (SSSR count). The molecule has 292 valence electrons. The van der Waals surface area contributed by atoms with Crippen LogP contribution in [-0.2, 0) is 20.9 Å². The van der Waals surface area contributed by atoms with Crippen molar-refractivity contribution in [2.45, 2.75) is 58.3 Å². The van der Waals surface area contributed by atoms with E-state index in [1.165, 1.54) is 6.20 Å². The number of ether oxygens (including phenoxy) is 3. The monoisotopic (exact) mass is 788 g/mol. The molecule has 14 heteroatoms. The molecule has 0 spiro atoms. The first-order valence-corrected chi connectivity index (χ1v) is 18.5. The summed E-state index contributed by atoms with van der Waals surface area (Å²) < 4.78 is 16.0. The molecule has 4 N–H and O–H groups in total. The van der Waals surface area contributed by atoms with Gasteiger partial charge in [0.1, 0.15) is 29.8 Å². The Hall–Kier alpha value is -6.65. The highest BCUT2D eigenvalue weighted by atomic mass is 35.5. The Morgan fingerprint density at radius 2 is 1.70 bits per heavy atom. The lowest BCUT2D eigenvalue weighted by Gasteiger charge is -2.34. The van der Waals surface area contributed by atoms with Gasteiger partial charge in [-0.15, -0.1) is 0 Å². The van der Waals surface area contributed by atoms with Crippen LogP contribution in [0.1, 0.15) is 77.4 Å². The first-order chi connectivity index (χ1) is 27.3. The van der Waals surface area contributed by atoms with Crippen LogP contribution < -0.4 is 21.3 Å². The fraction of sp³-hybridized carbons (Fsp3) is 0.256. The van der Waals surface area contributed by atoms with Crippen molar-refractivity contribution in [1.29, 1.82) is 0 Å². The number of carbonyl (C=O) groups excluding carboxylic acids is 4. The highest BCUT2D eigenvalue weighted by Gasteiger charge is 2.34. The molecule has 3 amide bonds. The molecule has 0 radical (unpaired) electrons. The Morgan fingerprint density at radius 3 is 2.40 bits per heavy atom. The van der Waals surface area contributed by atoms with Crippen LogP contribution in [0.3, 0.4) is 0 Å². The summed E-state index contributed by atoms with van der Waals surface area (Å²) >= 11 is 6.63. The fourth-order valence-corrected chi connectivity index (χ4v) is 6.35. The SMILES string of the molecule is COc1ccc(COC(=O)[C@@H]2CCCCN2C(=O)c2ccc(C#Cc3ccc(-c4cc(C(=O)NNC(=O)OC(C)(C)C)c5cnc(N)cc5n4)cc3)c(Cl)c2)cc1. The number of pyridine rings is 2. The van der Waals surface area contributed by atoms with Gasteiger partial charge < -0.3 is 24.8 Å². The standard InChI is InChI=1S/C43H41ClN6O7/c1-43(2,3)57-42(54)49-48-39(51)32-22-35(47-36-23-38(45)46-24-33(32)36)29-14-9-26(10-15-29)8-13-28-16-17-30(21-34(28)44)40(52)50-20-6-5-7-37(50)41(53)56-25-27-11-18-31(55-4)19-12-27/h9-12,14-19,21-24,37H,5-7,20,25H2,1-4H3,(H2,45,46)(H,48,51)(H,49,54)/t37-/m0/s1. The van der Waals surface area contributed by atoms with E-state index in [0.29, 0.717) is 62.6 Å². The number of hydrogen-bond acceptors (Lipinski definition) is 10. The fourth-order valence-electron chi connectivity index (χ4n) is 6.12. The predicted molar refractivity (Wildman–Crippen MR) is 215 cm³/mol. The minimum Gasteiger partial charge on any atom is -0.497 e. The summed E-state index contributed by atoms with van der Waals surface area (Å²) in [7, 11) is 1.58. The van der Waals surface area contributed by atoms with E-state index in [1.807, 2.05) is 24.3 Å². The number of halogens is 1. The molecule has 0 saturated carbocycles. The third kappa shape index (κ3) is 10.2. The van der Waals surface area contributed by atoms with Crippen molar-refractivity contribution in [2.24, 2.45) is 0 Å². The van der Waals surface area contributed by atoms with Crippen LogP contribution in [0.25, 0.3) is 22.2 Å². The Labute approximate surface area is 334 Å². The average Bonchev–Trinajstić information content (AvgIpc) is 3.20. The highest BCUT2D eigenvalue weighted by Crippen LogP contribution is 2.27. The zero-order chi connectivity index (χ0) is 40.7. The van der Waals surface area contributed by atoms with Crippen LogP contribution in [0.4, 0.5) is 10.6 Å². The maximum Gasteiger partial charge on any atom is 0.426 e. The second-order valence-electron chi connectivity index (χ2n) is 14.3. The van der Waals surface area contributed by atoms with Crippen molar-refractivity contribution >= 4 is 52.2 Å². The van der Waals surface area contributed by atoms with Gasteiger partial charge in [0, 0.05) is 46.4 Å². The minimum atomic E-state index is -0.814. The van der Waals surface area contributed by atoms with Crippen LogP contribution in [0.15, 0.2) is 85.1 Å². The molecule has 0 unspecified atom stereocenters. The van der Waals surface area contributed by atoms with Gasteiger partial charge >= 0.3 is 12.1 Å². The number of aromatic nitrogens is 2. The lowest BCUT2D eigenvalue weighted by molar-refractivity contribution is -0.151. The van der Waals surface area contributed by atoms with E-state index in [4.69, 9.17) is 36.5 Å². The smallest absolute Gasteiger partial charge is 0.426 e. The maximum absolute atomic E-state index is 13.7. The van der Waals surface area contributed by atoms with Gasteiger partial charge in [0.25, 0.3) is 11.8 Å². The molecule has 5 aromatic rings. The average molecular weight is 789 g/mol. The number of rotatable bonds is 7. The van der Waals surface area contributed by atoms with E-state index in [1.54, 1.807) is 87.4 Å². The third-order valence-corrected chi connectivity index (χ3v) is 9.26. The van der Waals surface area contributed by atoms with Crippen molar-refractivity contribution in [1.82, 2.24) is 25.7 Å². The van der Waals surface area contributed by atoms with Gasteiger partial charge in [0.05, 0.1) is 28.9 Å². The Balaban J connectivity index is 1.14. The van der Waals surface area contributed by atoms with Crippen molar-refractivity contribution in [2.75, 3.05) is 19.4 Å². The molecule has 2 aromatic heterocycles. The third-order valence-electron chi connectivity index (χ3n) is 8.95. The molecular weight excluding hydrogens is 748 g/mol. The summed E-state index contributed by atoms with van der Waals surface area (Å²) in [6, 6.07) is 21.8. The second-order valence-corrected chi connectivity index (χ2v) is 14.7. The van der Waals surface area contributed by atoms with E-state index in [2.05, 4.69) is 27.7 Å². The first kappa shape index (κ1) is 40.0. The number of nitrogens with one attached hydrogen (secondary N) is 2. The molecule has 1 aliphatic rings. The maximum atomic E-state index is 13.7. The van der Waals surface area contributed by atoms with E-state index < -0.39 is 29.6 Å². The lowest BCUT2D eigenvalue weighted by Crippen LogP contribution is -2.48. The molecule has 13 nitrogen and oxygen atoms in total. The number of nitrogens with two attached hydrogens (primary N) is 1. The summed E-state index contributed by atoms with van der Waals surface area (Å²) in [6.45, 7) is 5.64. The van der Waals surface area contributed by atoms with E-state index in [0.717, 1.165) is 18.4 Å². The van der Waals surface area contributed by atoms with Crippen molar-refractivity contribution < 1.29 is 33.4 Å². The first-order valence-electron chi connectivity index (χ1n) is 18.2. The number of hydrazine groups is 1. The number of piperidine rings is 1. The number of carbonyl (C=O) groups is 4. The van der Waals surface area contributed by atoms with E-state index in [-0.39, 0.29) is 23.9 Å². The number of methoxy groups -OCH3 is 1. The number of anilines is 1. The number of nitrogens with zero attached hydrogens (tertiary/aromatic N) is 3. The van der Waals surface area contributed by atoms with Crippen LogP contribution >= 0.6 is 11.6 Å². The zero-order valence-electron chi connectivity index (χ0n) is 31.9. The van der Waals surface area contributed by atoms with Gasteiger partial charge in [0.2, 0.25) is 0 Å². The molecule has 0 aliphatic carbocycles. The topological polar surface area (TPSA) is 175 Å². The van der Waals surface area contributed by atoms with Crippen molar-refractivity contribution in [3.63, 3.8) is 0 Å². The molecule has 1 atom stereocenters. The largest absolute Gasteiger partial charge is 0.497 e. The number of amides is 3. The molecule has 0 bridgehead atoms. The Morgan fingerprint density at radius 1 is 0.947 bits per heavy atom. The van der Waals surface area contributed by atoms with Gasteiger partial charge in [-0.1, -0.05) is 47.7 Å². The number of nitrogen functional groups attached to an aromatic ring is 1. The Kier molecular flexibility index (Phi) is 12.2. The second kappa shape index (κ2) is 17.4. The van der Waals surface area contributed by atoms with Crippen LogP contribution in [-0.4, -0.2) is 64.0 Å². The summed E-state index contributed by atoms with van der Waals surface area (Å²) in [5, 5.41) is 0.726. The van der Waals surface area contributed by atoms with Crippen molar-refractivity contribution in [3.8, 4) is 28.8 Å². The summed E-state index contributed by atoms with van der Waals surface area (Å²) in [6.07, 6.45) is 2.73. The molecular formula is C43H41ClN6O7. The number of esters is 1.